The van der Waals surface area contributed by atoms with Crippen molar-refractivity contribution in [1.82, 2.24) is 4.90 Å². The smallest absolute Gasteiger partial charge is 0.222 e. The number of hydrogen-bond acceptors (Lipinski definition) is 3. The van der Waals surface area contributed by atoms with Crippen molar-refractivity contribution >= 4 is 22.4 Å². The van der Waals surface area contributed by atoms with E-state index in [0.717, 1.165) is 19.5 Å². The summed E-state index contributed by atoms with van der Waals surface area (Å²) in [5, 5.41) is 4.78. The van der Waals surface area contributed by atoms with Crippen LogP contribution in [0.4, 0.5) is 0 Å². The lowest BCUT2D eigenvalue weighted by Gasteiger charge is -2.29. The van der Waals surface area contributed by atoms with Crippen molar-refractivity contribution in [3.05, 3.63) is 0 Å². The highest BCUT2D eigenvalue weighted by Gasteiger charge is 2.17. The van der Waals surface area contributed by atoms with Crippen LogP contribution in [0.25, 0.3) is 0 Å². The number of primary sulfonamides is 1. The molecule has 0 atom stereocenters. The maximum Gasteiger partial charge on any atom is 0.222 e. The minimum atomic E-state index is -3.26. The van der Waals surface area contributed by atoms with E-state index in [0.29, 0.717) is 0 Å². The Balaban J connectivity index is 0.000000810. The topological polar surface area (TPSA) is 63.4 Å². The molecule has 10 heavy (non-hydrogen) atoms. The van der Waals surface area contributed by atoms with Gasteiger partial charge in [0.1, 0.15) is 5.88 Å². The third kappa shape index (κ3) is 3.36. The molecule has 1 saturated heterocycles. The van der Waals surface area contributed by atoms with Gasteiger partial charge in [0.05, 0.1) is 0 Å². The second kappa shape index (κ2) is 3.52. The van der Waals surface area contributed by atoms with E-state index in [1.165, 1.54) is 0 Å². The van der Waals surface area contributed by atoms with Gasteiger partial charge in [0.25, 0.3) is 0 Å². The average Bonchev–Trinajstić information content (AvgIpc) is 1.53. The standard InChI is InChI=1S/C4H10N2O2S.ClH/c5-9(7,8)4-6-2-1-3-6;/h1-4H2,(H2,5,7,8);1H. The normalized spacial score (nSPS) is 19.3. The molecule has 0 radical (unpaired) electrons. The number of halogens is 1. The monoisotopic (exact) mass is 186 g/mol. The summed E-state index contributed by atoms with van der Waals surface area (Å²) in [5.41, 5.74) is 0. The van der Waals surface area contributed by atoms with Crippen LogP contribution in [-0.2, 0) is 10.0 Å². The zero-order chi connectivity index (χ0) is 6.91. The largest absolute Gasteiger partial charge is 0.289 e. The Morgan fingerprint density at radius 1 is 1.40 bits per heavy atom. The van der Waals surface area contributed by atoms with Gasteiger partial charge < -0.3 is 0 Å². The number of nitrogens with two attached hydrogens (primary N) is 1. The van der Waals surface area contributed by atoms with Crippen LogP contribution < -0.4 is 5.14 Å². The summed E-state index contributed by atoms with van der Waals surface area (Å²) >= 11 is 0. The zero-order valence-corrected chi connectivity index (χ0v) is 7.12. The Hall–Kier alpha value is 0.160. The molecule has 0 aromatic carbocycles. The molecule has 1 aliphatic rings. The lowest BCUT2D eigenvalue weighted by Crippen LogP contribution is -2.42. The SMILES string of the molecule is Cl.NS(=O)(=O)CN1CCC1. The summed E-state index contributed by atoms with van der Waals surface area (Å²) in [6.07, 6.45) is 1.09. The van der Waals surface area contributed by atoms with E-state index >= 15 is 0 Å². The second-order valence-electron chi connectivity index (χ2n) is 2.26. The number of nitrogens with zero attached hydrogens (tertiary/aromatic N) is 1. The van der Waals surface area contributed by atoms with Crippen molar-refractivity contribution in [3.8, 4) is 0 Å². The van der Waals surface area contributed by atoms with Crippen molar-refractivity contribution in [2.45, 2.75) is 6.42 Å². The molecule has 1 heterocycles. The van der Waals surface area contributed by atoms with E-state index < -0.39 is 10.0 Å². The molecule has 0 unspecified atom stereocenters. The highest BCUT2D eigenvalue weighted by molar-refractivity contribution is 7.89. The Bertz CT molecular complexity index is 187. The minimum Gasteiger partial charge on any atom is -0.289 e. The molecule has 0 spiro atoms. The van der Waals surface area contributed by atoms with Crippen molar-refractivity contribution in [1.29, 1.82) is 0 Å². The number of rotatable bonds is 2. The van der Waals surface area contributed by atoms with Gasteiger partial charge in [-0.3, -0.25) is 4.90 Å². The number of hydrogen-bond donors (Lipinski definition) is 1. The van der Waals surface area contributed by atoms with E-state index in [1.807, 2.05) is 0 Å². The lowest BCUT2D eigenvalue weighted by atomic mass is 10.2. The van der Waals surface area contributed by atoms with Gasteiger partial charge in [-0.05, 0) is 6.42 Å². The van der Waals surface area contributed by atoms with E-state index in [2.05, 4.69) is 0 Å². The van der Waals surface area contributed by atoms with Crippen LogP contribution in [0.1, 0.15) is 6.42 Å². The van der Waals surface area contributed by atoms with Crippen LogP contribution in [0, 0.1) is 0 Å². The molecule has 6 heteroatoms. The Kier molecular flexibility index (Phi) is 3.58. The maximum atomic E-state index is 10.4. The van der Waals surface area contributed by atoms with Crippen LogP contribution in [0.15, 0.2) is 0 Å². The quantitative estimate of drug-likeness (QED) is 0.624. The molecule has 0 amide bonds. The lowest BCUT2D eigenvalue weighted by molar-refractivity contribution is 0.213. The average molecular weight is 187 g/mol. The Morgan fingerprint density at radius 3 is 2.00 bits per heavy atom. The molecule has 0 aromatic rings. The highest BCUT2D eigenvalue weighted by atomic mass is 35.5. The predicted octanol–water partition coefficient (Wildman–Crippen LogP) is -0.640. The van der Waals surface area contributed by atoms with Crippen molar-refractivity contribution in [2.24, 2.45) is 5.14 Å². The molecule has 0 saturated carbocycles. The van der Waals surface area contributed by atoms with Crippen LogP contribution in [-0.4, -0.2) is 32.3 Å². The third-order valence-corrected chi connectivity index (χ3v) is 2.04. The van der Waals surface area contributed by atoms with Gasteiger partial charge in [0, 0.05) is 13.1 Å². The molecule has 1 fully saturated rings. The third-order valence-electron chi connectivity index (χ3n) is 1.31. The maximum absolute atomic E-state index is 10.4. The first-order valence-corrected chi connectivity index (χ1v) is 4.52. The first-order chi connectivity index (χ1) is 4.08. The second-order valence-corrected chi connectivity index (χ2v) is 3.85. The zero-order valence-electron chi connectivity index (χ0n) is 5.49. The summed E-state index contributed by atoms with van der Waals surface area (Å²) in [6, 6.07) is 0. The molecular weight excluding hydrogens is 176 g/mol. The molecular formula is C4H11ClN2O2S. The molecule has 2 N–H and O–H groups in total. The van der Waals surface area contributed by atoms with Gasteiger partial charge in [-0.2, -0.15) is 0 Å². The van der Waals surface area contributed by atoms with E-state index in [4.69, 9.17) is 5.14 Å². The fourth-order valence-corrected chi connectivity index (χ4v) is 1.53. The number of sulfonamides is 1. The first kappa shape index (κ1) is 10.2. The molecule has 1 aliphatic heterocycles. The summed E-state index contributed by atoms with van der Waals surface area (Å²) in [6.45, 7) is 1.74. The summed E-state index contributed by atoms with van der Waals surface area (Å²) in [5.74, 6) is 0.0208. The van der Waals surface area contributed by atoms with Crippen LogP contribution in [0.2, 0.25) is 0 Å². The molecule has 4 nitrogen and oxygen atoms in total. The van der Waals surface area contributed by atoms with Crippen LogP contribution in [0.3, 0.4) is 0 Å². The van der Waals surface area contributed by atoms with Gasteiger partial charge in [0.2, 0.25) is 10.0 Å². The molecule has 62 valence electrons. The van der Waals surface area contributed by atoms with Crippen molar-refractivity contribution < 1.29 is 8.42 Å². The van der Waals surface area contributed by atoms with Crippen molar-refractivity contribution in [2.75, 3.05) is 19.0 Å². The summed E-state index contributed by atoms with van der Waals surface area (Å²) < 4.78 is 20.7. The van der Waals surface area contributed by atoms with Gasteiger partial charge in [-0.25, -0.2) is 13.6 Å². The van der Waals surface area contributed by atoms with E-state index in [-0.39, 0.29) is 18.3 Å². The fraction of sp³-hybridized carbons (Fsp3) is 1.00. The fourth-order valence-electron chi connectivity index (χ4n) is 0.765. The van der Waals surface area contributed by atoms with Crippen molar-refractivity contribution in [3.63, 3.8) is 0 Å². The van der Waals surface area contributed by atoms with Crippen LogP contribution >= 0.6 is 12.4 Å². The predicted molar refractivity (Wildman–Crippen MR) is 41.4 cm³/mol. The van der Waals surface area contributed by atoms with E-state index in [9.17, 15) is 8.42 Å². The Labute approximate surface area is 66.8 Å². The minimum absolute atomic E-state index is 0. The summed E-state index contributed by atoms with van der Waals surface area (Å²) in [4.78, 5) is 1.80. The first-order valence-electron chi connectivity index (χ1n) is 2.81. The number of likely N-dealkylation sites (tertiary alicyclic amines) is 1. The summed E-state index contributed by atoms with van der Waals surface area (Å²) in [7, 11) is -3.26. The highest BCUT2D eigenvalue weighted by Crippen LogP contribution is 2.04. The van der Waals surface area contributed by atoms with Crippen LogP contribution in [0.5, 0.6) is 0 Å². The molecule has 0 aliphatic carbocycles. The van der Waals surface area contributed by atoms with Gasteiger partial charge in [-0.1, -0.05) is 0 Å². The Morgan fingerprint density at radius 2 is 1.90 bits per heavy atom. The van der Waals surface area contributed by atoms with Gasteiger partial charge in [-0.15, -0.1) is 12.4 Å². The van der Waals surface area contributed by atoms with E-state index in [1.54, 1.807) is 4.90 Å². The molecule has 0 bridgehead atoms. The van der Waals surface area contributed by atoms with Gasteiger partial charge >= 0.3 is 0 Å². The van der Waals surface area contributed by atoms with Gasteiger partial charge in [0.15, 0.2) is 0 Å². The molecule has 1 rings (SSSR count). The molecule has 0 aromatic heterocycles.